The summed E-state index contributed by atoms with van der Waals surface area (Å²) in [7, 11) is 0. The van der Waals surface area contributed by atoms with Gasteiger partial charge in [0.2, 0.25) is 0 Å². The smallest absolute Gasteiger partial charge is 0.155 e. The lowest BCUT2D eigenvalue weighted by atomic mass is 9.46. The zero-order valence-corrected chi connectivity index (χ0v) is 19.3. The Morgan fingerprint density at radius 2 is 1.90 bits per heavy atom. The fraction of sp³-hybridized carbons (Fsp3) is 0.889. The minimum absolute atomic E-state index is 0.116. The van der Waals surface area contributed by atoms with E-state index in [1.54, 1.807) is 0 Å². The van der Waals surface area contributed by atoms with Gasteiger partial charge in [-0.2, -0.15) is 0 Å². The van der Waals surface area contributed by atoms with E-state index in [4.69, 9.17) is 4.74 Å². The number of epoxide rings is 1. The van der Waals surface area contributed by atoms with Crippen LogP contribution in [0.15, 0.2) is 11.6 Å². The van der Waals surface area contributed by atoms with Crippen molar-refractivity contribution in [1.82, 2.24) is 4.90 Å². The third kappa shape index (κ3) is 2.00. The fourth-order valence-corrected chi connectivity index (χ4v) is 10.7. The Hall–Kier alpha value is -0.670. The number of ether oxygens (including phenoxy) is 1. The van der Waals surface area contributed by atoms with Gasteiger partial charge in [0.05, 0.1) is 0 Å². The number of ketones is 1. The van der Waals surface area contributed by atoms with Crippen LogP contribution in [0.1, 0.15) is 79.1 Å². The van der Waals surface area contributed by atoms with Crippen LogP contribution in [0.3, 0.4) is 0 Å². The van der Waals surface area contributed by atoms with Gasteiger partial charge in [0, 0.05) is 24.9 Å². The summed E-state index contributed by atoms with van der Waals surface area (Å²) in [5.41, 5.74) is 2.41. The summed E-state index contributed by atoms with van der Waals surface area (Å²) in [6.07, 6.45) is 12.4. The summed E-state index contributed by atoms with van der Waals surface area (Å²) in [5, 5.41) is 0. The minimum Gasteiger partial charge on any atom is -0.350 e. The number of rotatable bonds is 0. The number of nitrogens with zero attached hydrogens (tertiary/aromatic N) is 1. The van der Waals surface area contributed by atoms with Crippen molar-refractivity contribution in [3.05, 3.63) is 11.6 Å². The molecule has 30 heavy (non-hydrogen) atoms. The molecule has 0 N–H and O–H groups in total. The molecule has 11 atom stereocenters. The zero-order chi connectivity index (χ0) is 20.6. The molecular weight excluding hydrogens is 370 g/mol. The van der Waals surface area contributed by atoms with Crippen molar-refractivity contribution in [2.24, 2.45) is 46.3 Å². The molecular formula is C27H39NO2. The first kappa shape index (κ1) is 18.9. The van der Waals surface area contributed by atoms with Crippen LogP contribution < -0.4 is 0 Å². The number of allylic oxidation sites excluding steroid dienone is 1. The highest BCUT2D eigenvalue weighted by atomic mass is 16.6. The number of hydrogen-bond donors (Lipinski definition) is 0. The maximum absolute atomic E-state index is 12.1. The molecule has 3 saturated carbocycles. The van der Waals surface area contributed by atoms with E-state index < -0.39 is 0 Å². The molecule has 3 heterocycles. The molecule has 4 aliphatic carbocycles. The largest absolute Gasteiger partial charge is 0.350 e. The van der Waals surface area contributed by atoms with Crippen LogP contribution in [0.25, 0.3) is 0 Å². The molecule has 0 aromatic heterocycles. The first-order chi connectivity index (χ1) is 14.3. The average molecular weight is 410 g/mol. The van der Waals surface area contributed by atoms with E-state index in [1.165, 1.54) is 50.6 Å². The van der Waals surface area contributed by atoms with Gasteiger partial charge in [0.15, 0.2) is 11.5 Å². The van der Waals surface area contributed by atoms with Crippen molar-refractivity contribution in [3.8, 4) is 0 Å². The second-order valence-electron chi connectivity index (χ2n) is 13.0. The maximum atomic E-state index is 12.1. The summed E-state index contributed by atoms with van der Waals surface area (Å²) in [5.74, 6) is 5.21. The highest BCUT2D eigenvalue weighted by Crippen LogP contribution is 2.73. The molecule has 0 aromatic rings. The zero-order valence-electron chi connectivity index (χ0n) is 19.3. The summed E-state index contributed by atoms with van der Waals surface area (Å²) in [6.45, 7) is 11.4. The first-order valence-electron chi connectivity index (χ1n) is 13.0. The Balaban J connectivity index is 1.24. The first-order valence-corrected chi connectivity index (χ1v) is 13.0. The van der Waals surface area contributed by atoms with Crippen molar-refractivity contribution < 1.29 is 9.53 Å². The second-order valence-corrected chi connectivity index (χ2v) is 13.0. The lowest BCUT2D eigenvalue weighted by molar-refractivity contribution is -0.117. The molecule has 0 radical (unpaired) electrons. The van der Waals surface area contributed by atoms with Gasteiger partial charge in [-0.15, -0.1) is 0 Å². The van der Waals surface area contributed by atoms with Crippen molar-refractivity contribution in [2.45, 2.75) is 96.9 Å². The molecule has 0 bridgehead atoms. The molecule has 164 valence electrons. The Kier molecular flexibility index (Phi) is 3.54. The molecule has 3 nitrogen and oxygen atoms in total. The lowest BCUT2D eigenvalue weighted by Gasteiger charge is -2.58. The van der Waals surface area contributed by atoms with Gasteiger partial charge in [-0.3, -0.25) is 9.69 Å². The van der Waals surface area contributed by atoms with E-state index in [9.17, 15) is 4.79 Å². The van der Waals surface area contributed by atoms with Crippen LogP contribution in [-0.2, 0) is 9.53 Å². The molecule has 0 aromatic carbocycles. The van der Waals surface area contributed by atoms with Crippen molar-refractivity contribution >= 4 is 5.78 Å². The molecule has 7 aliphatic rings. The van der Waals surface area contributed by atoms with Crippen LogP contribution in [0.4, 0.5) is 0 Å². The topological polar surface area (TPSA) is 32.8 Å². The summed E-state index contributed by atoms with van der Waals surface area (Å²) in [4.78, 5) is 15.0. The molecule has 1 spiro atoms. The SMILES string of the molecule is CC1CC2OC23C(C)C2C(CC4C5CCC6=CC(=O)CCC6(C)C5CCC42C)N3C1. The Labute approximate surface area is 182 Å². The van der Waals surface area contributed by atoms with Crippen LogP contribution in [0.5, 0.6) is 0 Å². The highest BCUT2D eigenvalue weighted by molar-refractivity contribution is 5.91. The highest BCUT2D eigenvalue weighted by Gasteiger charge is 2.78. The van der Waals surface area contributed by atoms with Gasteiger partial charge < -0.3 is 4.74 Å². The van der Waals surface area contributed by atoms with Crippen molar-refractivity contribution in [2.75, 3.05) is 6.54 Å². The summed E-state index contributed by atoms with van der Waals surface area (Å²) >= 11 is 0. The molecule has 3 aliphatic heterocycles. The number of fused-ring (bicyclic) bond motifs is 8. The number of carbonyl (C=O) groups excluding carboxylic acids is 1. The van der Waals surface area contributed by atoms with Gasteiger partial charge >= 0.3 is 0 Å². The van der Waals surface area contributed by atoms with Gasteiger partial charge in [0.25, 0.3) is 0 Å². The van der Waals surface area contributed by atoms with Crippen LogP contribution >= 0.6 is 0 Å². The third-order valence-electron chi connectivity index (χ3n) is 12.0. The van der Waals surface area contributed by atoms with E-state index in [2.05, 4.69) is 38.7 Å². The van der Waals surface area contributed by atoms with Crippen LogP contribution in [0.2, 0.25) is 0 Å². The molecule has 0 amide bonds. The Morgan fingerprint density at radius 3 is 2.73 bits per heavy atom. The average Bonchev–Trinajstić information content (AvgIpc) is 3.28. The summed E-state index contributed by atoms with van der Waals surface area (Å²) in [6, 6.07) is 0.749. The van der Waals surface area contributed by atoms with Gasteiger partial charge in [-0.1, -0.05) is 33.3 Å². The van der Waals surface area contributed by atoms with E-state index >= 15 is 0 Å². The lowest BCUT2D eigenvalue weighted by Crippen LogP contribution is -2.52. The quantitative estimate of drug-likeness (QED) is 0.516. The predicted molar refractivity (Wildman–Crippen MR) is 117 cm³/mol. The normalized spacial score (nSPS) is 61.2. The van der Waals surface area contributed by atoms with Crippen LogP contribution in [0, 0.1) is 46.3 Å². The van der Waals surface area contributed by atoms with Crippen LogP contribution in [-0.4, -0.2) is 35.1 Å². The fourth-order valence-electron chi connectivity index (χ4n) is 10.7. The van der Waals surface area contributed by atoms with E-state index in [0.29, 0.717) is 28.6 Å². The number of carbonyl (C=O) groups is 1. The number of hydrogen-bond acceptors (Lipinski definition) is 3. The van der Waals surface area contributed by atoms with Gasteiger partial charge in [0.1, 0.15) is 6.10 Å². The Morgan fingerprint density at radius 1 is 1.07 bits per heavy atom. The van der Waals surface area contributed by atoms with E-state index in [0.717, 1.165) is 48.5 Å². The Bertz CT molecular complexity index is 850. The van der Waals surface area contributed by atoms with Crippen molar-refractivity contribution in [3.63, 3.8) is 0 Å². The van der Waals surface area contributed by atoms with E-state index in [-0.39, 0.29) is 5.72 Å². The third-order valence-corrected chi connectivity index (χ3v) is 12.0. The molecule has 7 rings (SSSR count). The molecule has 3 saturated heterocycles. The maximum Gasteiger partial charge on any atom is 0.155 e. The predicted octanol–water partition coefficient (Wildman–Crippen LogP) is 5.20. The molecule has 6 fully saturated rings. The van der Waals surface area contributed by atoms with E-state index in [1.807, 2.05) is 0 Å². The standard InChI is InChI=1S/C27H39NO2/c1-15-11-23-27(30-23)16(2)24-22(28(27)14-15)13-21-19-6-5-17-12-18(29)7-9-25(17,3)20(19)8-10-26(21,24)4/h12,15-16,19-24H,5-11,13-14H2,1-4H3. The number of piperidine rings is 1. The second kappa shape index (κ2) is 5.63. The van der Waals surface area contributed by atoms with Gasteiger partial charge in [-0.05, 0) is 91.4 Å². The van der Waals surface area contributed by atoms with Gasteiger partial charge in [-0.25, -0.2) is 0 Å². The monoisotopic (exact) mass is 409 g/mol. The molecule has 3 heteroatoms. The minimum atomic E-state index is 0.116. The molecule has 11 unspecified atom stereocenters. The van der Waals surface area contributed by atoms with Crippen molar-refractivity contribution in [1.29, 1.82) is 0 Å². The summed E-state index contributed by atoms with van der Waals surface area (Å²) < 4.78 is 6.52.